The summed E-state index contributed by atoms with van der Waals surface area (Å²) in [5, 5.41) is 5.16. The number of aromatic nitrogens is 2. The van der Waals surface area contributed by atoms with E-state index in [2.05, 4.69) is 193 Å². The van der Waals surface area contributed by atoms with Gasteiger partial charge < -0.3 is 9.13 Å². The van der Waals surface area contributed by atoms with Gasteiger partial charge in [-0.25, -0.2) is 0 Å². The fraction of sp³-hybridized carbons (Fsp3) is 0.0909. The molecule has 0 radical (unpaired) electrons. The van der Waals surface area contributed by atoms with E-state index in [9.17, 15) is 0 Å². The second-order valence-electron chi connectivity index (χ2n) is 16.8. The number of benzene rings is 8. The lowest BCUT2D eigenvalue weighted by Crippen LogP contribution is -2.15. The van der Waals surface area contributed by atoms with Crippen molar-refractivity contribution in [3.05, 3.63) is 198 Å². The maximum atomic E-state index is 2.59. The van der Waals surface area contributed by atoms with Gasteiger partial charge in [0.05, 0.1) is 22.1 Å². The predicted octanol–water partition coefficient (Wildman–Crippen LogP) is 14.4. The van der Waals surface area contributed by atoms with E-state index in [1.807, 2.05) is 0 Å². The Labute approximate surface area is 331 Å². The highest BCUT2D eigenvalue weighted by atomic mass is 15.0. The number of allylic oxidation sites excluding steroid dienone is 1. The summed E-state index contributed by atoms with van der Waals surface area (Å²) in [5.74, 6) is 0. The first-order valence-electron chi connectivity index (χ1n) is 20.3. The van der Waals surface area contributed by atoms with E-state index in [1.165, 1.54) is 129 Å². The highest BCUT2D eigenvalue weighted by molar-refractivity contribution is 6.19. The standard InChI is InChI=1S/C55H38N2/c1-55(2)47-16-8-5-12-39(47)40-27-26-37(32-48(40)55)57-51-30-23-35(33-21-24-36(25-22-33)56-49-17-9-6-13-41(49)42-14-7-10-18-50(42)56)31-46(51)45-29-28-44-38-11-3-4-15-43(38)52(34-19-20-34)53(44)54(45)57/h3-18,21-32H,19-20H2,1-2H3. The summed E-state index contributed by atoms with van der Waals surface area (Å²) in [4.78, 5) is 0. The number of nitrogens with zero attached hydrogens (tertiary/aromatic N) is 2. The summed E-state index contributed by atoms with van der Waals surface area (Å²) in [6.45, 7) is 4.77. The van der Waals surface area contributed by atoms with E-state index in [1.54, 1.807) is 5.57 Å². The Hall–Kier alpha value is -6.90. The van der Waals surface area contributed by atoms with Crippen molar-refractivity contribution in [1.82, 2.24) is 9.13 Å². The Morgan fingerprint density at radius 2 is 1.00 bits per heavy atom. The van der Waals surface area contributed by atoms with Crippen LogP contribution in [0.15, 0.2) is 175 Å². The Morgan fingerprint density at radius 1 is 0.404 bits per heavy atom. The molecule has 1 saturated carbocycles. The first-order valence-corrected chi connectivity index (χ1v) is 20.3. The SMILES string of the molecule is CC1(C)c2ccccc2-c2ccc(-n3c4ccc(-c5ccc(-n6c7ccccc7c7ccccc76)cc5)cc4c4ccc5c(c43)C(=C3CC3)c3ccccc3-5)cc21. The van der Waals surface area contributed by atoms with Crippen LogP contribution in [0.1, 0.15) is 48.9 Å². The summed E-state index contributed by atoms with van der Waals surface area (Å²) in [6.07, 6.45) is 2.36. The van der Waals surface area contributed by atoms with E-state index in [0.29, 0.717) is 0 Å². The molecule has 0 N–H and O–H groups in total. The second kappa shape index (κ2) is 11.1. The largest absolute Gasteiger partial charge is 0.309 e. The first-order chi connectivity index (χ1) is 28.0. The summed E-state index contributed by atoms with van der Waals surface area (Å²) in [7, 11) is 0. The molecule has 2 aromatic heterocycles. The number of rotatable bonds is 3. The maximum Gasteiger partial charge on any atom is 0.0625 e. The van der Waals surface area contributed by atoms with Crippen LogP contribution in [0.3, 0.4) is 0 Å². The average molecular weight is 727 g/mol. The molecule has 57 heavy (non-hydrogen) atoms. The molecule has 2 heterocycles. The van der Waals surface area contributed by atoms with Crippen molar-refractivity contribution in [3.8, 4) is 44.8 Å². The monoisotopic (exact) mass is 726 g/mol. The third kappa shape index (κ3) is 4.20. The molecule has 8 aromatic carbocycles. The van der Waals surface area contributed by atoms with Gasteiger partial charge in [-0.05, 0) is 117 Å². The van der Waals surface area contributed by atoms with Crippen molar-refractivity contribution in [3.63, 3.8) is 0 Å². The van der Waals surface area contributed by atoms with Crippen LogP contribution in [0.4, 0.5) is 0 Å². The topological polar surface area (TPSA) is 9.86 Å². The minimum absolute atomic E-state index is 0.0847. The van der Waals surface area contributed by atoms with Crippen LogP contribution in [0, 0.1) is 0 Å². The van der Waals surface area contributed by atoms with Crippen LogP contribution < -0.4 is 0 Å². The molecule has 2 heteroatoms. The fourth-order valence-corrected chi connectivity index (χ4v) is 10.6. The van der Waals surface area contributed by atoms with Crippen molar-refractivity contribution in [1.29, 1.82) is 0 Å². The number of hydrogen-bond acceptors (Lipinski definition) is 0. The molecule has 0 unspecified atom stereocenters. The zero-order chi connectivity index (χ0) is 37.6. The smallest absolute Gasteiger partial charge is 0.0625 e. The highest BCUT2D eigenvalue weighted by Gasteiger charge is 2.37. The van der Waals surface area contributed by atoms with Crippen molar-refractivity contribution in [2.75, 3.05) is 0 Å². The molecule has 1 fully saturated rings. The van der Waals surface area contributed by atoms with Gasteiger partial charge in [-0.1, -0.05) is 141 Å². The third-order valence-electron chi connectivity index (χ3n) is 13.4. The molecular formula is C55H38N2. The normalized spacial score (nSPS) is 14.8. The highest BCUT2D eigenvalue weighted by Crippen LogP contribution is 2.55. The molecule has 0 bridgehead atoms. The first kappa shape index (κ1) is 31.3. The van der Waals surface area contributed by atoms with Gasteiger partial charge in [0.25, 0.3) is 0 Å². The van der Waals surface area contributed by atoms with Gasteiger partial charge in [-0.2, -0.15) is 0 Å². The second-order valence-corrected chi connectivity index (χ2v) is 16.8. The van der Waals surface area contributed by atoms with E-state index in [-0.39, 0.29) is 5.41 Å². The van der Waals surface area contributed by atoms with Gasteiger partial charge in [0.1, 0.15) is 0 Å². The van der Waals surface area contributed by atoms with Crippen LogP contribution in [0.2, 0.25) is 0 Å². The molecule has 3 aliphatic rings. The molecule has 0 aliphatic heterocycles. The summed E-state index contributed by atoms with van der Waals surface area (Å²) in [5.41, 5.74) is 23.8. The molecule has 10 aromatic rings. The fourth-order valence-electron chi connectivity index (χ4n) is 10.6. The molecule has 0 spiro atoms. The predicted molar refractivity (Wildman–Crippen MR) is 239 cm³/mol. The van der Waals surface area contributed by atoms with Gasteiger partial charge >= 0.3 is 0 Å². The van der Waals surface area contributed by atoms with Crippen LogP contribution in [-0.4, -0.2) is 9.13 Å². The van der Waals surface area contributed by atoms with Crippen LogP contribution in [-0.2, 0) is 5.41 Å². The van der Waals surface area contributed by atoms with E-state index in [0.717, 1.165) is 0 Å². The minimum Gasteiger partial charge on any atom is -0.309 e. The molecule has 268 valence electrons. The maximum absolute atomic E-state index is 2.59. The van der Waals surface area contributed by atoms with E-state index in [4.69, 9.17) is 0 Å². The van der Waals surface area contributed by atoms with Crippen LogP contribution in [0.25, 0.3) is 93.9 Å². The molecule has 0 atom stereocenters. The summed E-state index contributed by atoms with van der Waals surface area (Å²) >= 11 is 0. The summed E-state index contributed by atoms with van der Waals surface area (Å²) < 4.78 is 4.99. The number of para-hydroxylation sites is 2. The van der Waals surface area contributed by atoms with Gasteiger partial charge in [0.15, 0.2) is 0 Å². The lowest BCUT2D eigenvalue weighted by Gasteiger charge is -2.22. The number of hydrogen-bond donors (Lipinski definition) is 0. The number of fused-ring (bicyclic) bond motifs is 13. The Balaban J connectivity index is 1.03. The van der Waals surface area contributed by atoms with Crippen molar-refractivity contribution < 1.29 is 0 Å². The lowest BCUT2D eigenvalue weighted by molar-refractivity contribution is 0.660. The Morgan fingerprint density at radius 3 is 1.75 bits per heavy atom. The minimum atomic E-state index is -0.0847. The van der Waals surface area contributed by atoms with Crippen molar-refractivity contribution in [2.45, 2.75) is 32.1 Å². The summed E-state index contributed by atoms with van der Waals surface area (Å²) in [6, 6.07) is 63.8. The molecule has 13 rings (SSSR count). The molecule has 2 nitrogen and oxygen atoms in total. The van der Waals surface area contributed by atoms with Gasteiger partial charge in [0, 0.05) is 43.9 Å². The third-order valence-corrected chi connectivity index (χ3v) is 13.4. The van der Waals surface area contributed by atoms with Gasteiger partial charge in [-0.3, -0.25) is 0 Å². The molecule has 0 amide bonds. The molecular weight excluding hydrogens is 689 g/mol. The van der Waals surface area contributed by atoms with Crippen molar-refractivity contribution >= 4 is 49.2 Å². The average Bonchev–Trinajstić information content (AvgIpc) is 3.77. The van der Waals surface area contributed by atoms with Gasteiger partial charge in [0.2, 0.25) is 0 Å². The molecule has 0 saturated heterocycles. The van der Waals surface area contributed by atoms with Crippen LogP contribution in [0.5, 0.6) is 0 Å². The Bertz CT molecular complexity index is 3360. The van der Waals surface area contributed by atoms with Crippen LogP contribution >= 0.6 is 0 Å². The quantitative estimate of drug-likeness (QED) is 0.172. The van der Waals surface area contributed by atoms with Crippen molar-refractivity contribution in [2.24, 2.45) is 0 Å². The zero-order valence-corrected chi connectivity index (χ0v) is 32.0. The van der Waals surface area contributed by atoms with E-state index >= 15 is 0 Å². The Kier molecular flexibility index (Phi) is 6.11. The zero-order valence-electron chi connectivity index (χ0n) is 32.0. The van der Waals surface area contributed by atoms with Gasteiger partial charge in [-0.15, -0.1) is 0 Å². The van der Waals surface area contributed by atoms with E-state index < -0.39 is 0 Å². The molecule has 3 aliphatic carbocycles. The lowest BCUT2D eigenvalue weighted by atomic mass is 9.82.